The van der Waals surface area contributed by atoms with E-state index in [2.05, 4.69) is 15.3 Å². The number of benzene rings is 2. The Hall–Kier alpha value is -2.76. The van der Waals surface area contributed by atoms with E-state index in [1.165, 1.54) is 0 Å². The van der Waals surface area contributed by atoms with Crippen LogP contribution in [-0.4, -0.2) is 21.6 Å². The normalized spacial score (nSPS) is 12.2. The Kier molecular flexibility index (Phi) is 4.41. The lowest BCUT2D eigenvalue weighted by atomic mass is 10.1. The number of para-hydroxylation sites is 1. The minimum Gasteiger partial charge on any atom is -0.387 e. The van der Waals surface area contributed by atoms with Gasteiger partial charge >= 0.3 is 0 Å². The Morgan fingerprint density at radius 2 is 1.72 bits per heavy atom. The number of anilines is 1. The predicted molar refractivity (Wildman–Crippen MR) is 103 cm³/mol. The maximum absolute atomic E-state index is 10.4. The SMILES string of the molecule is O[C@@H](CNc1nc(-c2cccs2)nc2ccccc12)c1ccccc1. The topological polar surface area (TPSA) is 58.0 Å². The van der Waals surface area contributed by atoms with Crippen LogP contribution in [0.5, 0.6) is 0 Å². The van der Waals surface area contributed by atoms with Crippen molar-refractivity contribution in [3.05, 3.63) is 77.7 Å². The van der Waals surface area contributed by atoms with Crippen molar-refractivity contribution in [2.45, 2.75) is 6.10 Å². The Labute approximate surface area is 149 Å². The van der Waals surface area contributed by atoms with E-state index in [1.807, 2.05) is 72.1 Å². The summed E-state index contributed by atoms with van der Waals surface area (Å²) in [5, 5.41) is 16.7. The van der Waals surface area contributed by atoms with Crippen molar-refractivity contribution in [2.75, 3.05) is 11.9 Å². The minimum absolute atomic E-state index is 0.384. The molecule has 4 rings (SSSR count). The van der Waals surface area contributed by atoms with Gasteiger partial charge in [-0.25, -0.2) is 9.97 Å². The first-order valence-electron chi connectivity index (χ1n) is 8.09. The molecule has 0 spiro atoms. The van der Waals surface area contributed by atoms with E-state index in [9.17, 15) is 5.11 Å². The third kappa shape index (κ3) is 3.38. The fourth-order valence-electron chi connectivity index (χ4n) is 2.71. The molecule has 5 heteroatoms. The number of hydrogen-bond donors (Lipinski definition) is 2. The van der Waals surface area contributed by atoms with Crippen LogP contribution in [0.3, 0.4) is 0 Å². The van der Waals surface area contributed by atoms with Gasteiger partial charge in [0.1, 0.15) is 5.82 Å². The van der Waals surface area contributed by atoms with Crippen LogP contribution >= 0.6 is 11.3 Å². The zero-order valence-electron chi connectivity index (χ0n) is 13.5. The van der Waals surface area contributed by atoms with E-state index in [0.717, 1.165) is 27.2 Å². The standard InChI is InChI=1S/C20H17N3OS/c24-17(14-7-2-1-3-8-14)13-21-19-15-9-4-5-10-16(15)22-20(23-19)18-11-6-12-25-18/h1-12,17,24H,13H2,(H,21,22,23)/t17-/m0/s1. The van der Waals surface area contributed by atoms with Gasteiger partial charge in [0, 0.05) is 11.9 Å². The highest BCUT2D eigenvalue weighted by molar-refractivity contribution is 7.13. The monoisotopic (exact) mass is 347 g/mol. The number of aliphatic hydroxyl groups excluding tert-OH is 1. The lowest BCUT2D eigenvalue weighted by Gasteiger charge is -2.14. The molecule has 2 N–H and O–H groups in total. The van der Waals surface area contributed by atoms with Gasteiger partial charge in [0.25, 0.3) is 0 Å². The number of rotatable bonds is 5. The zero-order valence-corrected chi connectivity index (χ0v) is 14.3. The van der Waals surface area contributed by atoms with Crippen molar-refractivity contribution in [1.29, 1.82) is 0 Å². The molecular formula is C20H17N3OS. The molecule has 0 saturated carbocycles. The molecule has 0 saturated heterocycles. The van der Waals surface area contributed by atoms with Crippen molar-refractivity contribution >= 4 is 28.1 Å². The molecule has 4 aromatic rings. The van der Waals surface area contributed by atoms with Gasteiger partial charge in [-0.15, -0.1) is 11.3 Å². The maximum atomic E-state index is 10.4. The van der Waals surface area contributed by atoms with Crippen LogP contribution in [0.2, 0.25) is 0 Å². The van der Waals surface area contributed by atoms with Crippen LogP contribution in [0.4, 0.5) is 5.82 Å². The smallest absolute Gasteiger partial charge is 0.172 e. The first-order chi connectivity index (χ1) is 12.3. The summed E-state index contributed by atoms with van der Waals surface area (Å²) in [7, 11) is 0. The van der Waals surface area contributed by atoms with Gasteiger partial charge in [-0.1, -0.05) is 48.5 Å². The quantitative estimate of drug-likeness (QED) is 0.558. The summed E-state index contributed by atoms with van der Waals surface area (Å²) >= 11 is 1.61. The van der Waals surface area contributed by atoms with E-state index in [1.54, 1.807) is 11.3 Å². The highest BCUT2D eigenvalue weighted by Gasteiger charge is 2.12. The number of fused-ring (bicyclic) bond motifs is 1. The zero-order chi connectivity index (χ0) is 17.1. The molecule has 0 bridgehead atoms. The van der Waals surface area contributed by atoms with Gasteiger partial charge < -0.3 is 10.4 Å². The summed E-state index contributed by atoms with van der Waals surface area (Å²) < 4.78 is 0. The molecule has 0 radical (unpaired) electrons. The van der Waals surface area contributed by atoms with Gasteiger partial charge in [-0.3, -0.25) is 0 Å². The molecule has 2 aromatic heterocycles. The molecular weight excluding hydrogens is 330 g/mol. The third-order valence-electron chi connectivity index (χ3n) is 3.99. The molecule has 124 valence electrons. The van der Waals surface area contributed by atoms with Gasteiger partial charge in [0.05, 0.1) is 16.5 Å². The highest BCUT2D eigenvalue weighted by Crippen LogP contribution is 2.27. The number of aliphatic hydroxyl groups is 1. The van der Waals surface area contributed by atoms with Gasteiger partial charge in [-0.05, 0) is 29.1 Å². The largest absolute Gasteiger partial charge is 0.387 e. The Bertz CT molecular complexity index is 971. The summed E-state index contributed by atoms with van der Waals surface area (Å²) in [6, 6.07) is 21.5. The number of aromatic nitrogens is 2. The van der Waals surface area contributed by atoms with E-state index < -0.39 is 6.10 Å². The van der Waals surface area contributed by atoms with Crippen molar-refractivity contribution < 1.29 is 5.11 Å². The Morgan fingerprint density at radius 1 is 0.920 bits per heavy atom. The van der Waals surface area contributed by atoms with Crippen molar-refractivity contribution in [2.24, 2.45) is 0 Å². The van der Waals surface area contributed by atoms with Crippen LogP contribution in [0.25, 0.3) is 21.6 Å². The molecule has 0 aliphatic rings. The van der Waals surface area contributed by atoms with Crippen LogP contribution in [0, 0.1) is 0 Å². The molecule has 4 nitrogen and oxygen atoms in total. The maximum Gasteiger partial charge on any atom is 0.172 e. The second-order valence-corrected chi connectivity index (χ2v) is 6.65. The second kappa shape index (κ2) is 7.01. The molecule has 1 atom stereocenters. The van der Waals surface area contributed by atoms with Crippen LogP contribution in [0.1, 0.15) is 11.7 Å². The third-order valence-corrected chi connectivity index (χ3v) is 4.86. The number of hydrogen-bond acceptors (Lipinski definition) is 5. The molecule has 25 heavy (non-hydrogen) atoms. The van der Waals surface area contributed by atoms with Crippen molar-refractivity contribution in [3.8, 4) is 10.7 Å². The minimum atomic E-state index is -0.597. The summed E-state index contributed by atoms with van der Waals surface area (Å²) in [5.41, 5.74) is 1.77. The molecule has 0 aliphatic carbocycles. The van der Waals surface area contributed by atoms with Crippen molar-refractivity contribution in [3.63, 3.8) is 0 Å². The van der Waals surface area contributed by atoms with Crippen LogP contribution < -0.4 is 5.32 Å². The van der Waals surface area contributed by atoms with Crippen molar-refractivity contribution in [1.82, 2.24) is 9.97 Å². The molecule has 0 unspecified atom stereocenters. The summed E-state index contributed by atoms with van der Waals surface area (Å²) in [5.74, 6) is 1.44. The molecule has 2 aromatic carbocycles. The first-order valence-corrected chi connectivity index (χ1v) is 8.97. The van der Waals surface area contributed by atoms with E-state index in [4.69, 9.17) is 0 Å². The molecule has 0 aliphatic heterocycles. The number of thiophene rings is 1. The van der Waals surface area contributed by atoms with Crippen LogP contribution in [-0.2, 0) is 0 Å². The van der Waals surface area contributed by atoms with E-state index in [-0.39, 0.29) is 0 Å². The Morgan fingerprint density at radius 3 is 2.52 bits per heavy atom. The fraction of sp³-hybridized carbons (Fsp3) is 0.100. The van der Waals surface area contributed by atoms with E-state index >= 15 is 0 Å². The van der Waals surface area contributed by atoms with Gasteiger partial charge in [0.15, 0.2) is 5.82 Å². The van der Waals surface area contributed by atoms with Gasteiger partial charge in [0.2, 0.25) is 0 Å². The summed E-state index contributed by atoms with van der Waals surface area (Å²) in [6.45, 7) is 0.384. The highest BCUT2D eigenvalue weighted by atomic mass is 32.1. The average molecular weight is 347 g/mol. The molecule has 2 heterocycles. The molecule has 0 amide bonds. The number of nitrogens with one attached hydrogen (secondary N) is 1. The first kappa shape index (κ1) is 15.7. The summed E-state index contributed by atoms with van der Waals surface area (Å²) in [4.78, 5) is 10.4. The average Bonchev–Trinajstić information content (AvgIpc) is 3.21. The number of nitrogens with zero attached hydrogens (tertiary/aromatic N) is 2. The lowest BCUT2D eigenvalue weighted by Crippen LogP contribution is -2.13. The lowest BCUT2D eigenvalue weighted by molar-refractivity contribution is 0.191. The summed E-state index contributed by atoms with van der Waals surface area (Å²) in [6.07, 6.45) is -0.597. The molecule has 0 fully saturated rings. The Balaban J connectivity index is 1.66. The fourth-order valence-corrected chi connectivity index (χ4v) is 3.37. The second-order valence-electron chi connectivity index (χ2n) is 5.70. The van der Waals surface area contributed by atoms with Crippen LogP contribution in [0.15, 0.2) is 72.1 Å². The van der Waals surface area contributed by atoms with E-state index in [0.29, 0.717) is 12.4 Å². The predicted octanol–water partition coefficient (Wildman–Crippen LogP) is 4.50. The van der Waals surface area contributed by atoms with Gasteiger partial charge in [-0.2, -0.15) is 0 Å².